The number of nitrogens with zero attached hydrogens (tertiary/aromatic N) is 3. The second-order valence-electron chi connectivity index (χ2n) is 6.97. The van der Waals surface area contributed by atoms with E-state index in [1.807, 2.05) is 36.4 Å². The van der Waals surface area contributed by atoms with Crippen molar-refractivity contribution in [1.29, 1.82) is 0 Å². The molecular formula is C22H20BrN5O4. The second-order valence-corrected chi connectivity index (χ2v) is 7.88. The molecule has 10 heteroatoms. The van der Waals surface area contributed by atoms with Crippen molar-refractivity contribution >= 4 is 39.4 Å². The maximum absolute atomic E-state index is 13.5. The zero-order valence-electron chi connectivity index (χ0n) is 17.5. The maximum Gasteiger partial charge on any atom is 0.378 e. The summed E-state index contributed by atoms with van der Waals surface area (Å²) in [4.78, 5) is 29.7. The van der Waals surface area contributed by atoms with E-state index in [1.165, 1.54) is 11.8 Å². The summed E-state index contributed by atoms with van der Waals surface area (Å²) in [5.74, 6) is -0.229. The number of nitrogens with one attached hydrogen (secondary N) is 2. The third kappa shape index (κ3) is 3.96. The highest BCUT2D eigenvalue weighted by atomic mass is 79.9. The molecule has 2 N–H and O–H groups in total. The first-order chi connectivity index (χ1) is 15.4. The number of hydrogen-bond acceptors (Lipinski definition) is 7. The van der Waals surface area contributed by atoms with Crippen LogP contribution in [0.1, 0.15) is 29.1 Å². The Balaban J connectivity index is 1.80. The zero-order chi connectivity index (χ0) is 22.8. The number of carbonyl (C=O) groups is 2. The number of hydrogen-bond donors (Lipinski definition) is 2. The number of ether oxygens (including phenoxy) is 2. The Morgan fingerprint density at radius 1 is 1.12 bits per heavy atom. The van der Waals surface area contributed by atoms with E-state index in [0.29, 0.717) is 28.7 Å². The standard InChI is InChI=1S/C22H20BrN5O4/c1-12-17(20(29)25-15-6-4-5-7-16(15)31-2)18(13-8-10-14(23)11-9-13)28-22(24-12)26-19(27-28)21(30)32-3/h4-11,18H,1-3H3,(H,25,29)(H,24,26,27). The predicted octanol–water partition coefficient (Wildman–Crippen LogP) is 3.76. The molecule has 0 saturated heterocycles. The molecule has 0 bridgehead atoms. The number of benzene rings is 2. The van der Waals surface area contributed by atoms with E-state index in [9.17, 15) is 9.59 Å². The van der Waals surface area contributed by atoms with Crippen molar-refractivity contribution in [3.05, 3.63) is 75.7 Å². The molecule has 0 aliphatic carbocycles. The van der Waals surface area contributed by atoms with Crippen LogP contribution >= 0.6 is 15.9 Å². The van der Waals surface area contributed by atoms with Crippen molar-refractivity contribution in [1.82, 2.24) is 14.8 Å². The molecule has 1 aliphatic rings. The minimum Gasteiger partial charge on any atom is -0.495 e. The van der Waals surface area contributed by atoms with Crippen molar-refractivity contribution in [2.24, 2.45) is 0 Å². The van der Waals surface area contributed by atoms with Gasteiger partial charge in [-0.1, -0.05) is 40.2 Å². The third-order valence-electron chi connectivity index (χ3n) is 5.01. The van der Waals surface area contributed by atoms with Crippen LogP contribution < -0.4 is 15.4 Å². The van der Waals surface area contributed by atoms with Crippen LogP contribution in [0.15, 0.2) is 64.3 Å². The van der Waals surface area contributed by atoms with Crippen molar-refractivity contribution in [3.8, 4) is 5.75 Å². The summed E-state index contributed by atoms with van der Waals surface area (Å²) in [6.45, 7) is 1.78. The lowest BCUT2D eigenvalue weighted by atomic mass is 9.95. The summed E-state index contributed by atoms with van der Waals surface area (Å²) in [5, 5.41) is 10.3. The highest BCUT2D eigenvalue weighted by Crippen LogP contribution is 2.36. The van der Waals surface area contributed by atoms with Crippen molar-refractivity contribution in [3.63, 3.8) is 0 Å². The first-order valence-corrected chi connectivity index (χ1v) is 10.4. The fraction of sp³-hybridized carbons (Fsp3) is 0.182. The van der Waals surface area contributed by atoms with E-state index in [0.717, 1.165) is 10.0 Å². The molecule has 1 aromatic heterocycles. The fourth-order valence-electron chi connectivity index (χ4n) is 3.51. The summed E-state index contributed by atoms with van der Waals surface area (Å²) in [7, 11) is 2.80. The quantitative estimate of drug-likeness (QED) is 0.516. The molecule has 1 aliphatic heterocycles. The fourth-order valence-corrected chi connectivity index (χ4v) is 3.78. The van der Waals surface area contributed by atoms with Crippen LogP contribution in [0.5, 0.6) is 5.75 Å². The third-order valence-corrected chi connectivity index (χ3v) is 5.53. The molecule has 1 atom stereocenters. The van der Waals surface area contributed by atoms with E-state index in [-0.39, 0.29) is 11.7 Å². The minimum absolute atomic E-state index is 0.101. The maximum atomic E-state index is 13.5. The van der Waals surface area contributed by atoms with E-state index >= 15 is 0 Å². The predicted molar refractivity (Wildman–Crippen MR) is 122 cm³/mol. The lowest BCUT2D eigenvalue weighted by molar-refractivity contribution is -0.113. The Hall–Kier alpha value is -3.66. The average Bonchev–Trinajstić information content (AvgIpc) is 3.22. The van der Waals surface area contributed by atoms with Crippen molar-refractivity contribution in [2.45, 2.75) is 13.0 Å². The van der Waals surface area contributed by atoms with Gasteiger partial charge in [0.05, 0.1) is 25.5 Å². The van der Waals surface area contributed by atoms with E-state index in [1.54, 1.807) is 26.2 Å². The number of amides is 1. The number of anilines is 2. The van der Waals surface area contributed by atoms with Gasteiger partial charge < -0.3 is 20.1 Å². The number of halogens is 1. The van der Waals surface area contributed by atoms with Gasteiger partial charge in [0, 0.05) is 10.2 Å². The molecule has 0 spiro atoms. The molecule has 9 nitrogen and oxygen atoms in total. The Kier molecular flexibility index (Phi) is 5.95. The minimum atomic E-state index is -0.666. The van der Waals surface area contributed by atoms with Crippen molar-refractivity contribution in [2.75, 3.05) is 24.9 Å². The first-order valence-electron chi connectivity index (χ1n) is 9.65. The largest absolute Gasteiger partial charge is 0.495 e. The number of fused-ring (bicyclic) bond motifs is 1. The molecule has 32 heavy (non-hydrogen) atoms. The van der Waals surface area contributed by atoms with E-state index in [4.69, 9.17) is 9.47 Å². The van der Waals surface area contributed by atoms with Gasteiger partial charge in [-0.15, -0.1) is 5.10 Å². The van der Waals surface area contributed by atoms with Gasteiger partial charge in [-0.2, -0.15) is 4.98 Å². The lowest BCUT2D eigenvalue weighted by Crippen LogP contribution is -2.31. The molecule has 3 aromatic rings. The van der Waals surface area contributed by atoms with Gasteiger partial charge in [0.2, 0.25) is 5.95 Å². The van der Waals surface area contributed by atoms with Crippen LogP contribution in [0.3, 0.4) is 0 Å². The Bertz CT molecular complexity index is 1220. The molecule has 1 amide bonds. The summed E-state index contributed by atoms with van der Waals surface area (Å²) in [5.41, 5.74) is 2.34. The van der Waals surface area contributed by atoms with Crippen LogP contribution in [0.4, 0.5) is 11.6 Å². The highest BCUT2D eigenvalue weighted by molar-refractivity contribution is 9.10. The van der Waals surface area contributed by atoms with Crippen LogP contribution in [0, 0.1) is 0 Å². The second kappa shape index (κ2) is 8.83. The number of aromatic nitrogens is 3. The van der Waals surface area contributed by atoms with Crippen molar-refractivity contribution < 1.29 is 19.1 Å². The molecule has 0 fully saturated rings. The van der Waals surface area contributed by atoms with Gasteiger partial charge in [0.25, 0.3) is 11.7 Å². The Morgan fingerprint density at radius 2 is 1.84 bits per heavy atom. The van der Waals surface area contributed by atoms with Crippen LogP contribution in [-0.4, -0.2) is 40.9 Å². The topological polar surface area (TPSA) is 107 Å². The lowest BCUT2D eigenvalue weighted by Gasteiger charge is -2.28. The average molecular weight is 498 g/mol. The van der Waals surface area contributed by atoms with Gasteiger partial charge in [-0.3, -0.25) is 4.79 Å². The van der Waals surface area contributed by atoms with Crippen LogP contribution in [0.2, 0.25) is 0 Å². The number of methoxy groups -OCH3 is 2. The Morgan fingerprint density at radius 3 is 2.53 bits per heavy atom. The molecule has 164 valence electrons. The van der Waals surface area contributed by atoms with Crippen LogP contribution in [0.25, 0.3) is 0 Å². The molecule has 1 unspecified atom stereocenters. The monoisotopic (exact) mass is 497 g/mol. The molecule has 0 radical (unpaired) electrons. The smallest absolute Gasteiger partial charge is 0.378 e. The number of rotatable bonds is 5. The normalized spacial score (nSPS) is 14.9. The molecule has 2 aromatic carbocycles. The number of esters is 1. The molecular weight excluding hydrogens is 478 g/mol. The number of carbonyl (C=O) groups excluding carboxylic acids is 2. The highest BCUT2D eigenvalue weighted by Gasteiger charge is 2.35. The first kappa shape index (κ1) is 21.6. The van der Waals surface area contributed by atoms with E-state index in [2.05, 4.69) is 36.6 Å². The summed E-state index contributed by atoms with van der Waals surface area (Å²) >= 11 is 3.44. The van der Waals surface area contributed by atoms with Gasteiger partial charge in [-0.25, -0.2) is 9.48 Å². The van der Waals surface area contributed by atoms with Crippen LogP contribution in [-0.2, 0) is 9.53 Å². The summed E-state index contributed by atoms with van der Waals surface area (Å²) < 4.78 is 12.5. The number of para-hydroxylation sites is 2. The molecule has 2 heterocycles. The van der Waals surface area contributed by atoms with Gasteiger partial charge in [0.15, 0.2) is 0 Å². The molecule has 4 rings (SSSR count). The van der Waals surface area contributed by atoms with Gasteiger partial charge in [-0.05, 0) is 36.8 Å². The zero-order valence-corrected chi connectivity index (χ0v) is 19.1. The van der Waals surface area contributed by atoms with E-state index < -0.39 is 12.0 Å². The van der Waals surface area contributed by atoms with Gasteiger partial charge >= 0.3 is 5.97 Å². The molecule has 0 saturated carbocycles. The van der Waals surface area contributed by atoms with Gasteiger partial charge in [0.1, 0.15) is 11.8 Å². The Labute approximate surface area is 192 Å². The SMILES string of the molecule is COC(=O)c1nc2n(n1)C(c1ccc(Br)cc1)C(C(=O)Nc1ccccc1OC)=C(C)N2. The summed E-state index contributed by atoms with van der Waals surface area (Å²) in [6.07, 6.45) is 0. The number of allylic oxidation sites excluding steroid dienone is 1. The summed E-state index contributed by atoms with van der Waals surface area (Å²) in [6, 6.07) is 14.0.